The molecule has 0 bridgehead atoms. The number of anilines is 1. The van der Waals surface area contributed by atoms with Gasteiger partial charge in [0.25, 0.3) is 0 Å². The van der Waals surface area contributed by atoms with Crippen molar-refractivity contribution in [3.63, 3.8) is 0 Å². The second-order valence-electron chi connectivity index (χ2n) is 4.96. The van der Waals surface area contributed by atoms with Crippen LogP contribution in [0.15, 0.2) is 64.4 Å². The fourth-order valence-electron chi connectivity index (χ4n) is 2.25. The molecule has 3 nitrogen and oxygen atoms in total. The fraction of sp³-hybridized carbons (Fsp3) is 0.235. The minimum absolute atomic E-state index is 0.0280. The zero-order valence-corrected chi connectivity index (χ0v) is 12.4. The minimum Gasteiger partial charge on any atom is -0.381 e. The first-order chi connectivity index (χ1) is 10.3. The summed E-state index contributed by atoms with van der Waals surface area (Å²) >= 11 is 1.65. The summed E-state index contributed by atoms with van der Waals surface area (Å²) in [5, 5.41) is 3.03. The van der Waals surface area contributed by atoms with Crippen molar-refractivity contribution in [2.75, 3.05) is 18.5 Å². The van der Waals surface area contributed by atoms with Crippen LogP contribution < -0.4 is 5.32 Å². The molecule has 21 heavy (non-hydrogen) atoms. The molecule has 1 N–H and O–H groups in total. The number of nitrogens with one attached hydrogen (secondary N) is 1. The maximum atomic E-state index is 12.2. The molecule has 0 radical (unpaired) electrons. The van der Waals surface area contributed by atoms with Crippen LogP contribution in [0.4, 0.5) is 5.69 Å². The largest absolute Gasteiger partial charge is 0.381 e. The Hall–Kier alpha value is -1.78. The summed E-state index contributed by atoms with van der Waals surface area (Å²) in [4.78, 5) is 14.4. The summed E-state index contributed by atoms with van der Waals surface area (Å²) in [6, 6.07) is 18.0. The van der Waals surface area contributed by atoms with Crippen molar-refractivity contribution in [2.24, 2.45) is 5.92 Å². The van der Waals surface area contributed by atoms with Crippen LogP contribution in [-0.2, 0) is 9.53 Å². The predicted molar refractivity (Wildman–Crippen MR) is 84.6 cm³/mol. The van der Waals surface area contributed by atoms with E-state index >= 15 is 0 Å². The van der Waals surface area contributed by atoms with Crippen LogP contribution >= 0.6 is 11.8 Å². The number of ether oxygens (including phenoxy) is 1. The zero-order chi connectivity index (χ0) is 14.5. The normalized spacial score (nSPS) is 17.6. The number of hydrogen-bond acceptors (Lipinski definition) is 3. The number of carbonyl (C=O) groups excluding carboxylic acids is 1. The second-order valence-corrected chi connectivity index (χ2v) is 6.08. The molecule has 108 valence electrons. The molecule has 1 atom stereocenters. The fourth-order valence-corrected chi connectivity index (χ4v) is 3.17. The Labute approximate surface area is 128 Å². The first-order valence-corrected chi connectivity index (χ1v) is 7.85. The van der Waals surface area contributed by atoms with Gasteiger partial charge in [-0.1, -0.05) is 42.1 Å². The molecule has 1 saturated heterocycles. The van der Waals surface area contributed by atoms with Crippen molar-refractivity contribution in [1.82, 2.24) is 0 Å². The van der Waals surface area contributed by atoms with E-state index in [-0.39, 0.29) is 11.8 Å². The summed E-state index contributed by atoms with van der Waals surface area (Å²) in [5.74, 6) is 0.0217. The van der Waals surface area contributed by atoms with E-state index in [2.05, 4.69) is 17.4 Å². The Balaban J connectivity index is 1.74. The number of carbonyl (C=O) groups is 1. The topological polar surface area (TPSA) is 38.3 Å². The minimum atomic E-state index is -0.0280. The molecule has 0 saturated carbocycles. The quantitative estimate of drug-likeness (QED) is 0.933. The molecule has 2 aromatic carbocycles. The molecule has 1 aliphatic heterocycles. The molecule has 1 aliphatic rings. The summed E-state index contributed by atoms with van der Waals surface area (Å²) in [5.41, 5.74) is 0.864. The van der Waals surface area contributed by atoms with Crippen molar-refractivity contribution in [3.8, 4) is 0 Å². The van der Waals surface area contributed by atoms with Gasteiger partial charge in [0.2, 0.25) is 5.91 Å². The van der Waals surface area contributed by atoms with Crippen LogP contribution in [0.5, 0.6) is 0 Å². The Morgan fingerprint density at radius 3 is 2.62 bits per heavy atom. The van der Waals surface area contributed by atoms with E-state index in [1.54, 1.807) is 11.8 Å². The number of rotatable bonds is 4. The average Bonchev–Trinajstić information content (AvgIpc) is 3.05. The van der Waals surface area contributed by atoms with Crippen LogP contribution in [0.1, 0.15) is 6.42 Å². The number of hydrogen-bond donors (Lipinski definition) is 1. The van der Waals surface area contributed by atoms with Gasteiger partial charge in [0.05, 0.1) is 18.2 Å². The van der Waals surface area contributed by atoms with Gasteiger partial charge < -0.3 is 10.1 Å². The third kappa shape index (κ3) is 3.65. The maximum absolute atomic E-state index is 12.2. The Morgan fingerprint density at radius 1 is 1.10 bits per heavy atom. The molecular formula is C17H17NO2S. The molecule has 1 amide bonds. The van der Waals surface area contributed by atoms with Crippen LogP contribution in [0, 0.1) is 5.92 Å². The lowest BCUT2D eigenvalue weighted by molar-refractivity contribution is -0.119. The van der Waals surface area contributed by atoms with Gasteiger partial charge in [-0.25, -0.2) is 0 Å². The highest BCUT2D eigenvalue weighted by Gasteiger charge is 2.24. The van der Waals surface area contributed by atoms with E-state index in [0.717, 1.165) is 21.9 Å². The highest BCUT2D eigenvalue weighted by molar-refractivity contribution is 7.99. The summed E-state index contributed by atoms with van der Waals surface area (Å²) in [7, 11) is 0. The van der Waals surface area contributed by atoms with E-state index < -0.39 is 0 Å². The third-order valence-electron chi connectivity index (χ3n) is 3.42. The van der Waals surface area contributed by atoms with Crippen molar-refractivity contribution in [2.45, 2.75) is 16.2 Å². The van der Waals surface area contributed by atoms with Gasteiger partial charge in [-0.05, 0) is 30.7 Å². The predicted octanol–water partition coefficient (Wildman–Crippen LogP) is 3.81. The summed E-state index contributed by atoms with van der Waals surface area (Å²) in [6.07, 6.45) is 0.805. The first kappa shape index (κ1) is 14.2. The van der Waals surface area contributed by atoms with E-state index in [9.17, 15) is 4.79 Å². The van der Waals surface area contributed by atoms with E-state index in [4.69, 9.17) is 4.74 Å². The monoisotopic (exact) mass is 299 g/mol. The van der Waals surface area contributed by atoms with Crippen molar-refractivity contribution in [3.05, 3.63) is 54.6 Å². The molecule has 0 spiro atoms. The van der Waals surface area contributed by atoms with Gasteiger partial charge in [0.15, 0.2) is 0 Å². The van der Waals surface area contributed by atoms with Crippen molar-refractivity contribution < 1.29 is 9.53 Å². The second kappa shape index (κ2) is 6.78. The molecule has 1 heterocycles. The lowest BCUT2D eigenvalue weighted by atomic mass is 10.1. The lowest BCUT2D eigenvalue weighted by Crippen LogP contribution is -2.23. The number of amides is 1. The average molecular weight is 299 g/mol. The molecule has 0 aliphatic carbocycles. The van der Waals surface area contributed by atoms with Crippen molar-refractivity contribution >= 4 is 23.4 Å². The molecule has 1 unspecified atom stereocenters. The Bertz CT molecular complexity index is 609. The van der Waals surface area contributed by atoms with Crippen LogP contribution in [0.3, 0.4) is 0 Å². The number of para-hydroxylation sites is 1. The van der Waals surface area contributed by atoms with Crippen LogP contribution in [0.25, 0.3) is 0 Å². The molecule has 0 aromatic heterocycles. The van der Waals surface area contributed by atoms with E-state index in [0.29, 0.717) is 13.2 Å². The zero-order valence-electron chi connectivity index (χ0n) is 11.6. The Morgan fingerprint density at radius 2 is 1.86 bits per heavy atom. The van der Waals surface area contributed by atoms with Gasteiger partial charge in [-0.3, -0.25) is 4.79 Å². The summed E-state index contributed by atoms with van der Waals surface area (Å²) < 4.78 is 5.28. The standard InChI is InChI=1S/C17H17NO2S/c19-17(13-10-11-20-12-13)18-15-8-4-5-9-16(15)21-14-6-2-1-3-7-14/h1-9,13H,10-12H2,(H,18,19). The molecule has 4 heteroatoms. The van der Waals surface area contributed by atoms with E-state index in [1.807, 2.05) is 42.5 Å². The van der Waals surface area contributed by atoms with Gasteiger partial charge in [0.1, 0.15) is 0 Å². The maximum Gasteiger partial charge on any atom is 0.229 e. The lowest BCUT2D eigenvalue weighted by Gasteiger charge is -2.13. The van der Waals surface area contributed by atoms with Gasteiger partial charge in [-0.2, -0.15) is 0 Å². The Kier molecular flexibility index (Phi) is 4.58. The first-order valence-electron chi connectivity index (χ1n) is 7.03. The smallest absolute Gasteiger partial charge is 0.229 e. The third-order valence-corrected chi connectivity index (χ3v) is 4.50. The SMILES string of the molecule is O=C(Nc1ccccc1Sc1ccccc1)C1CCOC1. The highest BCUT2D eigenvalue weighted by atomic mass is 32.2. The van der Waals surface area contributed by atoms with Gasteiger partial charge >= 0.3 is 0 Å². The highest BCUT2D eigenvalue weighted by Crippen LogP contribution is 2.33. The number of benzene rings is 2. The van der Waals surface area contributed by atoms with Gasteiger partial charge in [0, 0.05) is 16.4 Å². The van der Waals surface area contributed by atoms with Crippen LogP contribution in [-0.4, -0.2) is 19.1 Å². The molecule has 3 rings (SSSR count). The molecule has 2 aromatic rings. The molecular weight excluding hydrogens is 282 g/mol. The van der Waals surface area contributed by atoms with E-state index in [1.165, 1.54) is 0 Å². The van der Waals surface area contributed by atoms with Crippen molar-refractivity contribution in [1.29, 1.82) is 0 Å². The summed E-state index contributed by atoms with van der Waals surface area (Å²) in [6.45, 7) is 1.21. The van der Waals surface area contributed by atoms with Gasteiger partial charge in [-0.15, -0.1) is 0 Å². The molecule has 1 fully saturated rings. The van der Waals surface area contributed by atoms with Crippen LogP contribution in [0.2, 0.25) is 0 Å².